The zero-order valence-electron chi connectivity index (χ0n) is 11.8. The Kier molecular flexibility index (Phi) is 14.1. The molecule has 4 nitrogen and oxygen atoms in total. The lowest BCUT2D eigenvalue weighted by Gasteiger charge is -2.11. The van der Waals surface area contributed by atoms with Crippen LogP contribution in [-0.2, 0) is 4.79 Å². The van der Waals surface area contributed by atoms with E-state index in [0.29, 0.717) is 4.32 Å². The summed E-state index contributed by atoms with van der Waals surface area (Å²) < 4.78 is 0.559. The van der Waals surface area contributed by atoms with E-state index in [1.165, 1.54) is 0 Å². The minimum absolute atomic E-state index is 0.287. The highest BCUT2D eigenvalue weighted by Crippen LogP contribution is 2.02. The molecule has 6 heteroatoms. The van der Waals surface area contributed by atoms with Crippen LogP contribution in [0.1, 0.15) is 39.0 Å². The lowest BCUT2D eigenvalue weighted by Crippen LogP contribution is -2.39. The maximum Gasteiger partial charge on any atom is 0.130 e. The second kappa shape index (κ2) is 14.2. The van der Waals surface area contributed by atoms with E-state index < -0.39 is 0 Å². The predicted octanol–water partition coefficient (Wildman–Crippen LogP) is 1.51. The predicted molar refractivity (Wildman–Crippen MR) is 89.1 cm³/mol. The molecule has 1 aliphatic rings. The molecule has 0 aromatic heterocycles. The Hall–Kier alpha value is -0.170. The lowest BCUT2D eigenvalue weighted by atomic mass is 10.1. The van der Waals surface area contributed by atoms with E-state index in [2.05, 4.69) is 28.6 Å². The van der Waals surface area contributed by atoms with Crippen molar-refractivity contribution in [1.82, 2.24) is 16.0 Å². The van der Waals surface area contributed by atoms with Gasteiger partial charge in [0.1, 0.15) is 10.1 Å². The number of rotatable bonds is 7. The Morgan fingerprint density at radius 1 is 1.11 bits per heavy atom. The number of thiol groups is 1. The van der Waals surface area contributed by atoms with Gasteiger partial charge in [0.05, 0.1) is 0 Å². The molecular weight excluding hydrogens is 278 g/mol. The summed E-state index contributed by atoms with van der Waals surface area (Å²) in [7, 11) is 0. The van der Waals surface area contributed by atoms with Gasteiger partial charge < -0.3 is 20.7 Å². The van der Waals surface area contributed by atoms with E-state index in [9.17, 15) is 4.79 Å². The van der Waals surface area contributed by atoms with Crippen molar-refractivity contribution >= 4 is 35.0 Å². The van der Waals surface area contributed by atoms with Crippen LogP contribution in [0.15, 0.2) is 0 Å². The summed E-state index contributed by atoms with van der Waals surface area (Å²) in [6.45, 7) is 7.09. The van der Waals surface area contributed by atoms with Gasteiger partial charge in [-0.05, 0) is 19.8 Å². The van der Waals surface area contributed by atoms with Crippen molar-refractivity contribution < 1.29 is 4.79 Å². The zero-order chi connectivity index (χ0) is 14.3. The van der Waals surface area contributed by atoms with Gasteiger partial charge in [-0.2, -0.15) is 0 Å². The highest BCUT2D eigenvalue weighted by molar-refractivity contribution is 8.11. The molecular formula is C13H27N3OS2. The van der Waals surface area contributed by atoms with Crippen molar-refractivity contribution in [2.45, 2.75) is 39.0 Å². The average molecular weight is 306 g/mol. The van der Waals surface area contributed by atoms with Crippen LogP contribution in [0.2, 0.25) is 0 Å². The first-order valence-corrected chi connectivity index (χ1v) is 7.86. The average Bonchev–Trinajstić information content (AvgIpc) is 2.40. The molecule has 0 aromatic carbocycles. The molecule has 0 amide bonds. The summed E-state index contributed by atoms with van der Waals surface area (Å²) in [5, 5.41) is 9.42. The molecule has 1 aliphatic heterocycles. The Labute approximate surface area is 127 Å². The van der Waals surface area contributed by atoms with E-state index in [1.54, 1.807) is 6.92 Å². The third-order valence-electron chi connectivity index (χ3n) is 2.69. The van der Waals surface area contributed by atoms with Gasteiger partial charge in [0, 0.05) is 39.1 Å². The van der Waals surface area contributed by atoms with Crippen molar-refractivity contribution in [3.63, 3.8) is 0 Å². The van der Waals surface area contributed by atoms with Crippen LogP contribution in [-0.4, -0.2) is 42.8 Å². The van der Waals surface area contributed by atoms with Gasteiger partial charge in [-0.3, -0.25) is 0 Å². The van der Waals surface area contributed by atoms with Gasteiger partial charge in [0.2, 0.25) is 0 Å². The van der Waals surface area contributed by atoms with Gasteiger partial charge in [-0.25, -0.2) is 0 Å². The van der Waals surface area contributed by atoms with Crippen LogP contribution in [0.3, 0.4) is 0 Å². The van der Waals surface area contributed by atoms with Crippen LogP contribution < -0.4 is 16.0 Å². The Bertz CT molecular complexity index is 217. The number of carbonyl (C=O) groups is 1. The quantitative estimate of drug-likeness (QED) is 0.326. The number of piperazine rings is 1. The van der Waals surface area contributed by atoms with E-state index in [-0.39, 0.29) is 5.78 Å². The Morgan fingerprint density at radius 3 is 2.05 bits per heavy atom. The monoisotopic (exact) mass is 305 g/mol. The zero-order valence-corrected chi connectivity index (χ0v) is 13.5. The van der Waals surface area contributed by atoms with Crippen LogP contribution in [0.25, 0.3) is 0 Å². The lowest BCUT2D eigenvalue weighted by molar-refractivity contribution is -0.117. The molecule has 0 spiro atoms. The third-order valence-corrected chi connectivity index (χ3v) is 2.99. The Morgan fingerprint density at radius 2 is 1.63 bits per heavy atom. The highest BCUT2D eigenvalue weighted by atomic mass is 32.1. The SMILES string of the molecule is C1CNCCN1.CC(=O)CCCCCCNC(=S)S. The summed E-state index contributed by atoms with van der Waals surface area (Å²) >= 11 is 8.68. The van der Waals surface area contributed by atoms with Crippen LogP contribution >= 0.6 is 24.8 Å². The van der Waals surface area contributed by atoms with Gasteiger partial charge in [-0.15, -0.1) is 12.6 Å². The van der Waals surface area contributed by atoms with E-state index in [1.807, 2.05) is 0 Å². The number of unbranched alkanes of at least 4 members (excludes halogenated alkanes) is 3. The van der Waals surface area contributed by atoms with E-state index in [4.69, 9.17) is 12.2 Å². The number of ketones is 1. The van der Waals surface area contributed by atoms with Crippen LogP contribution in [0.5, 0.6) is 0 Å². The molecule has 1 fully saturated rings. The fourth-order valence-electron chi connectivity index (χ4n) is 1.65. The summed E-state index contributed by atoms with van der Waals surface area (Å²) in [5.41, 5.74) is 0. The number of thiocarbonyl (C=S) groups is 1. The summed E-state index contributed by atoms with van der Waals surface area (Å²) in [6.07, 6.45) is 5.11. The van der Waals surface area contributed by atoms with Gasteiger partial charge in [0.25, 0.3) is 0 Å². The van der Waals surface area contributed by atoms with Crippen molar-refractivity contribution in [2.75, 3.05) is 32.7 Å². The normalized spacial score (nSPS) is 14.2. The van der Waals surface area contributed by atoms with Crippen molar-refractivity contribution in [3.05, 3.63) is 0 Å². The first kappa shape index (κ1) is 18.8. The maximum atomic E-state index is 10.6. The molecule has 0 aliphatic carbocycles. The fourth-order valence-corrected chi connectivity index (χ4v) is 1.87. The molecule has 3 N–H and O–H groups in total. The van der Waals surface area contributed by atoms with Gasteiger partial charge >= 0.3 is 0 Å². The number of nitrogens with one attached hydrogen (secondary N) is 3. The highest BCUT2D eigenvalue weighted by Gasteiger charge is 1.94. The topological polar surface area (TPSA) is 53.2 Å². The second-order valence-electron chi connectivity index (χ2n) is 4.60. The number of hydrogen-bond donors (Lipinski definition) is 4. The van der Waals surface area contributed by atoms with Crippen molar-refractivity contribution in [1.29, 1.82) is 0 Å². The first-order valence-electron chi connectivity index (χ1n) is 7.00. The minimum Gasteiger partial charge on any atom is -0.371 e. The summed E-state index contributed by atoms with van der Waals surface area (Å²) in [4.78, 5) is 10.6. The molecule has 0 radical (unpaired) electrons. The molecule has 1 heterocycles. The van der Waals surface area contributed by atoms with Crippen LogP contribution in [0.4, 0.5) is 0 Å². The number of carbonyl (C=O) groups excluding carboxylic acids is 1. The molecule has 19 heavy (non-hydrogen) atoms. The van der Waals surface area contributed by atoms with Gasteiger partial charge in [0.15, 0.2) is 0 Å². The number of hydrogen-bond acceptors (Lipinski definition) is 4. The largest absolute Gasteiger partial charge is 0.371 e. The molecule has 1 rings (SSSR count). The van der Waals surface area contributed by atoms with E-state index in [0.717, 1.165) is 64.8 Å². The second-order valence-corrected chi connectivity index (χ2v) is 5.76. The molecule has 0 saturated carbocycles. The molecule has 0 aromatic rings. The fraction of sp³-hybridized carbons (Fsp3) is 0.846. The van der Waals surface area contributed by atoms with Crippen molar-refractivity contribution in [3.8, 4) is 0 Å². The third kappa shape index (κ3) is 17.8. The van der Waals surface area contributed by atoms with Crippen LogP contribution in [0, 0.1) is 0 Å². The van der Waals surface area contributed by atoms with Crippen molar-refractivity contribution in [2.24, 2.45) is 0 Å². The first-order chi connectivity index (χ1) is 9.13. The minimum atomic E-state index is 0.287. The molecule has 0 unspecified atom stereocenters. The van der Waals surface area contributed by atoms with E-state index >= 15 is 0 Å². The Balaban J connectivity index is 0.000000443. The number of Topliss-reactive ketones (excluding diaryl/α,β-unsaturated/α-hetero) is 1. The maximum absolute atomic E-state index is 10.6. The molecule has 112 valence electrons. The standard InChI is InChI=1S/C9H17NOS2.C4H10N2/c1-8(11)6-4-2-3-5-7-10-9(12)13;1-2-6-4-3-5-1/h2-7H2,1H3,(H2,10,12,13);5-6H,1-4H2. The smallest absolute Gasteiger partial charge is 0.130 e. The summed E-state index contributed by atoms with van der Waals surface area (Å²) in [5.74, 6) is 0.287. The molecule has 0 bridgehead atoms. The summed E-state index contributed by atoms with van der Waals surface area (Å²) in [6, 6.07) is 0. The molecule has 0 atom stereocenters. The molecule has 1 saturated heterocycles. The van der Waals surface area contributed by atoms with Gasteiger partial charge in [-0.1, -0.05) is 25.1 Å².